The van der Waals surface area contributed by atoms with E-state index in [9.17, 15) is 4.79 Å². The van der Waals surface area contributed by atoms with Crippen LogP contribution in [0.4, 0.5) is 0 Å². The molecule has 0 spiro atoms. The Morgan fingerprint density at radius 1 is 1.00 bits per heavy atom. The molecule has 1 aromatic heterocycles. The van der Waals surface area contributed by atoms with Gasteiger partial charge in [-0.15, -0.1) is 0 Å². The quantitative estimate of drug-likeness (QED) is 0.336. The van der Waals surface area contributed by atoms with Gasteiger partial charge < -0.3 is 14.1 Å². The summed E-state index contributed by atoms with van der Waals surface area (Å²) in [5.41, 5.74) is 2.15. The maximum absolute atomic E-state index is 13.3. The Balaban J connectivity index is 1.58. The molecule has 0 radical (unpaired) electrons. The summed E-state index contributed by atoms with van der Waals surface area (Å²) in [7, 11) is 0. The van der Waals surface area contributed by atoms with Crippen molar-refractivity contribution in [3.63, 3.8) is 0 Å². The van der Waals surface area contributed by atoms with Crippen LogP contribution in [-0.2, 0) is 17.9 Å². The van der Waals surface area contributed by atoms with Crippen molar-refractivity contribution in [2.24, 2.45) is 0 Å². The van der Waals surface area contributed by atoms with E-state index in [1.165, 1.54) is 0 Å². The average molecular weight is 455 g/mol. The van der Waals surface area contributed by atoms with Crippen LogP contribution in [0.2, 0.25) is 10.0 Å². The van der Waals surface area contributed by atoms with E-state index in [1.54, 1.807) is 36.1 Å². The van der Waals surface area contributed by atoms with E-state index in [0.29, 0.717) is 39.3 Å². The topological polar surface area (TPSA) is 55.6 Å². The van der Waals surface area contributed by atoms with E-state index in [4.69, 9.17) is 32.4 Å². The van der Waals surface area contributed by atoms with Gasteiger partial charge in [0.1, 0.15) is 11.3 Å². The highest BCUT2D eigenvalue weighted by atomic mass is 35.5. The van der Waals surface area contributed by atoms with Gasteiger partial charge in [-0.25, -0.2) is 4.98 Å². The molecule has 5 nitrogen and oxygen atoms in total. The van der Waals surface area contributed by atoms with E-state index >= 15 is 0 Å². The van der Waals surface area contributed by atoms with Crippen LogP contribution in [0.25, 0.3) is 11.1 Å². The Kier molecular flexibility index (Phi) is 6.44. The second-order valence-corrected chi connectivity index (χ2v) is 7.99. The van der Waals surface area contributed by atoms with Gasteiger partial charge in [-0.05, 0) is 55.0 Å². The first-order valence-corrected chi connectivity index (χ1v) is 10.5. The molecule has 0 saturated carbocycles. The molecule has 0 aliphatic heterocycles. The fourth-order valence-electron chi connectivity index (χ4n) is 3.26. The van der Waals surface area contributed by atoms with Gasteiger partial charge in [0.15, 0.2) is 11.7 Å². The number of para-hydroxylation sites is 1. The van der Waals surface area contributed by atoms with Gasteiger partial charge in [0.05, 0.1) is 6.54 Å². The predicted octanol–water partition coefficient (Wildman–Crippen LogP) is 6.13. The van der Waals surface area contributed by atoms with Crippen molar-refractivity contribution in [2.45, 2.75) is 26.1 Å². The monoisotopic (exact) mass is 454 g/mol. The lowest BCUT2D eigenvalue weighted by molar-refractivity contribution is -0.139. The molecule has 3 aromatic carbocycles. The lowest BCUT2D eigenvalue weighted by Gasteiger charge is -2.25. The summed E-state index contributed by atoms with van der Waals surface area (Å²) in [5, 5.41) is 1.18. The van der Waals surface area contributed by atoms with Gasteiger partial charge in [0, 0.05) is 16.6 Å². The normalized spacial score (nSPS) is 12.0. The third-order valence-corrected chi connectivity index (χ3v) is 5.17. The van der Waals surface area contributed by atoms with Gasteiger partial charge in [-0.3, -0.25) is 4.79 Å². The van der Waals surface area contributed by atoms with Gasteiger partial charge in [0.25, 0.3) is 5.91 Å². The molecule has 4 aromatic rings. The molecule has 158 valence electrons. The summed E-state index contributed by atoms with van der Waals surface area (Å²) in [6, 6.07) is 21.9. The SMILES string of the molecule is C[C@H](Oc1ccccc1)C(=O)N(Cc1cccc(Cl)c1)Cc1nc2cc(Cl)ccc2o1. The molecule has 31 heavy (non-hydrogen) atoms. The molecule has 0 unspecified atom stereocenters. The van der Waals surface area contributed by atoms with Gasteiger partial charge in [-0.1, -0.05) is 53.5 Å². The molecule has 0 fully saturated rings. The second kappa shape index (κ2) is 9.41. The minimum Gasteiger partial charge on any atom is -0.481 e. The fourth-order valence-corrected chi connectivity index (χ4v) is 3.64. The van der Waals surface area contributed by atoms with Gasteiger partial charge >= 0.3 is 0 Å². The fraction of sp³-hybridized carbons (Fsp3) is 0.167. The zero-order valence-electron chi connectivity index (χ0n) is 16.8. The van der Waals surface area contributed by atoms with Gasteiger partial charge in [0.2, 0.25) is 5.89 Å². The lowest BCUT2D eigenvalue weighted by atomic mass is 10.2. The van der Waals surface area contributed by atoms with Crippen LogP contribution in [0.3, 0.4) is 0 Å². The molecule has 0 bridgehead atoms. The number of hydrogen-bond donors (Lipinski definition) is 0. The summed E-state index contributed by atoms with van der Waals surface area (Å²) in [6.45, 7) is 2.24. The van der Waals surface area contributed by atoms with Gasteiger partial charge in [-0.2, -0.15) is 0 Å². The number of hydrogen-bond acceptors (Lipinski definition) is 4. The average Bonchev–Trinajstić information content (AvgIpc) is 3.15. The Morgan fingerprint density at radius 3 is 2.55 bits per heavy atom. The number of carbonyl (C=O) groups excluding carboxylic acids is 1. The minimum absolute atomic E-state index is 0.181. The maximum atomic E-state index is 13.3. The number of fused-ring (bicyclic) bond motifs is 1. The summed E-state index contributed by atoms with van der Waals surface area (Å²) >= 11 is 12.2. The largest absolute Gasteiger partial charge is 0.481 e. The van der Waals surface area contributed by atoms with Crippen molar-refractivity contribution >= 4 is 40.2 Å². The van der Waals surface area contributed by atoms with Crippen LogP contribution in [0, 0.1) is 0 Å². The van der Waals surface area contributed by atoms with Crippen LogP contribution >= 0.6 is 23.2 Å². The molecule has 1 atom stereocenters. The standard InChI is InChI=1S/C24H20Cl2N2O3/c1-16(30-20-8-3-2-4-9-20)24(29)28(14-17-6-5-7-18(25)12-17)15-23-27-21-13-19(26)10-11-22(21)31-23/h2-13,16H,14-15H2,1H3/t16-/m0/s1. The van der Waals surface area contributed by atoms with Crippen molar-refractivity contribution in [3.8, 4) is 5.75 Å². The van der Waals surface area contributed by atoms with E-state index in [1.807, 2.05) is 48.5 Å². The Morgan fingerprint density at radius 2 is 1.77 bits per heavy atom. The van der Waals surface area contributed by atoms with Crippen LogP contribution in [0.5, 0.6) is 5.75 Å². The van der Waals surface area contributed by atoms with Crippen molar-refractivity contribution in [2.75, 3.05) is 0 Å². The highest BCUT2D eigenvalue weighted by Gasteiger charge is 2.24. The Hall–Kier alpha value is -3.02. The molecule has 1 heterocycles. The number of nitrogens with zero attached hydrogens (tertiary/aromatic N) is 2. The Labute approximate surface area is 190 Å². The number of oxazole rings is 1. The summed E-state index contributed by atoms with van der Waals surface area (Å²) < 4.78 is 11.7. The molecule has 0 saturated heterocycles. The van der Waals surface area contributed by atoms with Crippen LogP contribution in [0.15, 0.2) is 77.2 Å². The van der Waals surface area contributed by atoms with Crippen molar-refractivity contribution < 1.29 is 13.9 Å². The van der Waals surface area contributed by atoms with E-state index < -0.39 is 6.10 Å². The molecule has 0 aliphatic rings. The second-order valence-electron chi connectivity index (χ2n) is 7.12. The maximum Gasteiger partial charge on any atom is 0.264 e. The summed E-state index contributed by atoms with van der Waals surface area (Å²) in [5.74, 6) is 0.853. The molecular weight excluding hydrogens is 435 g/mol. The number of aromatic nitrogens is 1. The third-order valence-electron chi connectivity index (χ3n) is 4.70. The highest BCUT2D eigenvalue weighted by Crippen LogP contribution is 2.22. The number of benzene rings is 3. The van der Waals surface area contributed by atoms with Crippen molar-refractivity contribution in [3.05, 3.63) is 94.3 Å². The highest BCUT2D eigenvalue weighted by molar-refractivity contribution is 6.31. The molecular formula is C24H20Cl2N2O3. The lowest BCUT2D eigenvalue weighted by Crippen LogP contribution is -2.39. The summed E-state index contributed by atoms with van der Waals surface area (Å²) in [6.07, 6.45) is -0.694. The van der Waals surface area contributed by atoms with Crippen molar-refractivity contribution in [1.82, 2.24) is 9.88 Å². The number of amides is 1. The summed E-state index contributed by atoms with van der Waals surface area (Å²) in [4.78, 5) is 19.4. The van der Waals surface area contributed by atoms with E-state index in [-0.39, 0.29) is 12.5 Å². The van der Waals surface area contributed by atoms with E-state index in [2.05, 4.69) is 4.98 Å². The zero-order valence-corrected chi connectivity index (χ0v) is 18.3. The molecule has 1 amide bonds. The molecule has 4 rings (SSSR count). The number of halogens is 2. The first kappa shape index (κ1) is 21.2. The first-order valence-electron chi connectivity index (χ1n) is 9.78. The number of ether oxygens (including phenoxy) is 1. The molecule has 7 heteroatoms. The third kappa shape index (κ3) is 5.37. The Bertz CT molecular complexity index is 1190. The van der Waals surface area contributed by atoms with Crippen molar-refractivity contribution in [1.29, 1.82) is 0 Å². The minimum atomic E-state index is -0.694. The van der Waals surface area contributed by atoms with E-state index in [0.717, 1.165) is 5.56 Å². The predicted molar refractivity (Wildman–Crippen MR) is 121 cm³/mol. The zero-order chi connectivity index (χ0) is 21.8. The van der Waals surface area contributed by atoms with Crippen LogP contribution in [-0.4, -0.2) is 21.9 Å². The number of rotatable bonds is 7. The van der Waals surface area contributed by atoms with Crippen LogP contribution in [0.1, 0.15) is 18.4 Å². The molecule has 0 N–H and O–H groups in total. The van der Waals surface area contributed by atoms with Crippen LogP contribution < -0.4 is 4.74 Å². The first-order chi connectivity index (χ1) is 15.0. The smallest absolute Gasteiger partial charge is 0.264 e. The molecule has 0 aliphatic carbocycles. The number of carbonyl (C=O) groups is 1.